The van der Waals surface area contributed by atoms with Crippen molar-refractivity contribution < 1.29 is 41.0 Å². The molecule has 1 saturated heterocycles. The number of nitrogens with zero attached hydrogens (tertiary/aromatic N) is 4. The van der Waals surface area contributed by atoms with E-state index in [4.69, 9.17) is 4.74 Å². The van der Waals surface area contributed by atoms with Crippen LogP contribution in [-0.2, 0) is 23.5 Å². The second-order valence-electron chi connectivity index (χ2n) is 7.36. The SMILES string of the molecule is O=C(OCCc1c[nH]c(=O)c(C(F)(F)F)c1)N1CCN(c2ncc(C(F)(F)F)cn2)[C@H](CO)C1. The molecule has 1 fully saturated rings. The molecule has 0 spiro atoms. The Kier molecular flexibility index (Phi) is 7.33. The number of pyridine rings is 1. The molecule has 186 valence electrons. The number of anilines is 1. The highest BCUT2D eigenvalue weighted by Gasteiger charge is 2.35. The van der Waals surface area contributed by atoms with Gasteiger partial charge in [0.05, 0.1) is 24.8 Å². The second kappa shape index (κ2) is 9.87. The van der Waals surface area contributed by atoms with Gasteiger partial charge in [0.15, 0.2) is 0 Å². The van der Waals surface area contributed by atoms with E-state index in [0.29, 0.717) is 18.5 Å². The minimum absolute atomic E-state index is 0.0430. The van der Waals surface area contributed by atoms with Crippen LogP contribution in [0.3, 0.4) is 0 Å². The molecule has 0 saturated carbocycles. The van der Waals surface area contributed by atoms with Gasteiger partial charge in [0.1, 0.15) is 5.56 Å². The Morgan fingerprint density at radius 1 is 1.15 bits per heavy atom. The highest BCUT2D eigenvalue weighted by molar-refractivity contribution is 5.68. The van der Waals surface area contributed by atoms with Gasteiger partial charge in [-0.2, -0.15) is 26.3 Å². The maximum absolute atomic E-state index is 12.8. The Bertz CT molecular complexity index is 1060. The van der Waals surface area contributed by atoms with Crippen molar-refractivity contribution in [2.24, 2.45) is 0 Å². The van der Waals surface area contributed by atoms with Crippen LogP contribution in [0.2, 0.25) is 0 Å². The lowest BCUT2D eigenvalue weighted by Gasteiger charge is -2.40. The largest absolute Gasteiger partial charge is 0.449 e. The molecule has 2 aromatic rings. The lowest BCUT2D eigenvalue weighted by atomic mass is 10.1. The molecular weight excluding hydrogens is 476 g/mol. The van der Waals surface area contributed by atoms with E-state index in [1.54, 1.807) is 0 Å². The first-order chi connectivity index (χ1) is 15.9. The van der Waals surface area contributed by atoms with Gasteiger partial charge in [-0.25, -0.2) is 14.8 Å². The van der Waals surface area contributed by atoms with Gasteiger partial charge in [0, 0.05) is 44.6 Å². The number of ether oxygens (including phenoxy) is 1. The summed E-state index contributed by atoms with van der Waals surface area (Å²) in [6.07, 6.45) is -7.95. The van der Waals surface area contributed by atoms with E-state index in [0.717, 1.165) is 6.20 Å². The van der Waals surface area contributed by atoms with E-state index in [1.807, 2.05) is 4.98 Å². The molecule has 1 aliphatic heterocycles. The Hall–Kier alpha value is -3.36. The van der Waals surface area contributed by atoms with Crippen molar-refractivity contribution in [1.82, 2.24) is 19.9 Å². The predicted octanol–water partition coefficient (Wildman–Crippen LogP) is 2.06. The van der Waals surface area contributed by atoms with Crippen LogP contribution in [0.25, 0.3) is 0 Å². The van der Waals surface area contributed by atoms with Crippen LogP contribution in [0.4, 0.5) is 37.1 Å². The van der Waals surface area contributed by atoms with Gasteiger partial charge >= 0.3 is 18.4 Å². The number of nitrogens with one attached hydrogen (secondary N) is 1. The first-order valence-corrected chi connectivity index (χ1v) is 9.87. The number of aromatic amines is 1. The van der Waals surface area contributed by atoms with Crippen molar-refractivity contribution in [1.29, 1.82) is 0 Å². The molecule has 0 aromatic carbocycles. The van der Waals surface area contributed by atoms with Crippen LogP contribution in [0.1, 0.15) is 16.7 Å². The fraction of sp³-hybridized carbons (Fsp3) is 0.474. The van der Waals surface area contributed by atoms with E-state index in [2.05, 4.69) is 9.97 Å². The number of carbonyl (C=O) groups excluding carboxylic acids is 1. The standard InChI is InChI=1S/C19H19F6N5O4/c20-18(21,22)12-7-27-16(28-8-12)30-3-2-29(9-13(30)10-31)17(33)34-4-1-11-5-14(19(23,24)25)15(32)26-6-11/h5-8,13,31H,1-4,9-10H2,(H,26,32)/t13-/m0/s1. The van der Waals surface area contributed by atoms with Crippen LogP contribution in [0, 0.1) is 0 Å². The third-order valence-electron chi connectivity index (χ3n) is 5.06. The molecule has 3 heterocycles. The highest BCUT2D eigenvalue weighted by atomic mass is 19.4. The van der Waals surface area contributed by atoms with Gasteiger partial charge in [-0.15, -0.1) is 0 Å². The molecule has 1 atom stereocenters. The monoisotopic (exact) mass is 495 g/mol. The average Bonchev–Trinajstić information content (AvgIpc) is 2.78. The number of hydrogen-bond acceptors (Lipinski definition) is 7. The zero-order valence-electron chi connectivity index (χ0n) is 17.4. The molecule has 0 radical (unpaired) electrons. The summed E-state index contributed by atoms with van der Waals surface area (Å²) in [6, 6.07) is -0.0383. The molecule has 1 amide bonds. The van der Waals surface area contributed by atoms with E-state index in [1.165, 1.54) is 9.80 Å². The number of H-pyrrole nitrogens is 1. The number of aliphatic hydroxyl groups excluding tert-OH is 1. The molecule has 9 nitrogen and oxygen atoms in total. The topological polar surface area (TPSA) is 112 Å². The number of hydrogen-bond donors (Lipinski definition) is 2. The molecule has 2 N–H and O–H groups in total. The minimum atomic E-state index is -4.82. The number of amides is 1. The molecule has 2 aromatic heterocycles. The van der Waals surface area contributed by atoms with Crippen LogP contribution in [0.5, 0.6) is 0 Å². The van der Waals surface area contributed by atoms with Crippen molar-refractivity contribution in [3.8, 4) is 0 Å². The Labute approximate surface area is 188 Å². The third kappa shape index (κ3) is 5.95. The molecule has 34 heavy (non-hydrogen) atoms. The minimum Gasteiger partial charge on any atom is -0.449 e. The fourth-order valence-electron chi connectivity index (χ4n) is 3.29. The summed E-state index contributed by atoms with van der Waals surface area (Å²) in [5.41, 5.74) is -3.55. The van der Waals surface area contributed by atoms with Crippen molar-refractivity contribution in [3.63, 3.8) is 0 Å². The molecule has 1 aliphatic rings. The van der Waals surface area contributed by atoms with Gasteiger partial charge < -0.3 is 24.6 Å². The van der Waals surface area contributed by atoms with Crippen LogP contribution in [0.15, 0.2) is 29.5 Å². The van der Waals surface area contributed by atoms with Gasteiger partial charge in [-0.1, -0.05) is 0 Å². The average molecular weight is 495 g/mol. The summed E-state index contributed by atoms with van der Waals surface area (Å²) in [5, 5.41) is 9.67. The highest BCUT2D eigenvalue weighted by Crippen LogP contribution is 2.29. The number of halogens is 6. The first kappa shape index (κ1) is 25.3. The zero-order valence-corrected chi connectivity index (χ0v) is 17.4. The fourth-order valence-corrected chi connectivity index (χ4v) is 3.29. The number of rotatable bonds is 5. The maximum atomic E-state index is 12.8. The van der Waals surface area contributed by atoms with Crippen LogP contribution in [-0.4, -0.2) is 69.9 Å². The van der Waals surface area contributed by atoms with Crippen molar-refractivity contribution >= 4 is 12.0 Å². The van der Waals surface area contributed by atoms with Crippen molar-refractivity contribution in [2.45, 2.75) is 24.8 Å². The third-order valence-corrected chi connectivity index (χ3v) is 5.06. The summed E-state index contributed by atoms with van der Waals surface area (Å²) in [5.74, 6) is -0.0430. The summed E-state index contributed by atoms with van der Waals surface area (Å²) in [4.78, 5) is 35.7. The van der Waals surface area contributed by atoms with E-state index < -0.39 is 47.8 Å². The van der Waals surface area contributed by atoms with Gasteiger partial charge in [0.2, 0.25) is 5.95 Å². The number of alkyl halides is 6. The molecule has 0 aliphatic carbocycles. The molecule has 0 unspecified atom stereocenters. The van der Waals surface area contributed by atoms with Crippen molar-refractivity contribution in [3.05, 3.63) is 51.7 Å². The molecule has 0 bridgehead atoms. The van der Waals surface area contributed by atoms with Gasteiger partial charge in [0.25, 0.3) is 5.56 Å². The van der Waals surface area contributed by atoms with Crippen molar-refractivity contribution in [2.75, 3.05) is 37.7 Å². The first-order valence-electron chi connectivity index (χ1n) is 9.87. The zero-order chi connectivity index (χ0) is 25.1. The Balaban J connectivity index is 1.56. The summed E-state index contributed by atoms with van der Waals surface area (Å²) >= 11 is 0. The number of aromatic nitrogens is 3. The Morgan fingerprint density at radius 3 is 2.41 bits per heavy atom. The lowest BCUT2D eigenvalue weighted by Crippen LogP contribution is -2.57. The summed E-state index contributed by atoms with van der Waals surface area (Å²) in [6.45, 7) is -0.590. The predicted molar refractivity (Wildman–Crippen MR) is 104 cm³/mol. The molecule has 3 rings (SSSR count). The van der Waals surface area contributed by atoms with Crippen LogP contribution < -0.4 is 10.5 Å². The van der Waals surface area contributed by atoms with E-state index in [9.17, 15) is 41.0 Å². The van der Waals surface area contributed by atoms with E-state index >= 15 is 0 Å². The van der Waals surface area contributed by atoms with Gasteiger partial charge in [-0.05, 0) is 11.6 Å². The normalized spacial score (nSPS) is 17.1. The quantitative estimate of drug-likeness (QED) is 0.611. The smallest absolute Gasteiger partial charge is 0.421 e. The number of piperazine rings is 1. The number of carbonyl (C=O) groups is 1. The summed E-state index contributed by atoms with van der Waals surface area (Å²) < 4.78 is 81.6. The second-order valence-corrected chi connectivity index (χ2v) is 7.36. The number of aliphatic hydroxyl groups is 1. The van der Waals surface area contributed by atoms with E-state index in [-0.39, 0.29) is 44.2 Å². The van der Waals surface area contributed by atoms with Crippen LogP contribution >= 0.6 is 0 Å². The lowest BCUT2D eigenvalue weighted by molar-refractivity contribution is -0.139. The summed E-state index contributed by atoms with van der Waals surface area (Å²) in [7, 11) is 0. The molecular formula is C19H19F6N5O4. The van der Waals surface area contributed by atoms with Gasteiger partial charge in [-0.3, -0.25) is 4.79 Å². The molecule has 15 heteroatoms. The maximum Gasteiger partial charge on any atom is 0.421 e. The Morgan fingerprint density at radius 2 is 1.82 bits per heavy atom.